The van der Waals surface area contributed by atoms with Crippen molar-refractivity contribution in [3.63, 3.8) is 0 Å². The van der Waals surface area contributed by atoms with E-state index in [0.717, 1.165) is 71.9 Å². The lowest BCUT2D eigenvalue weighted by molar-refractivity contribution is -0.00521. The minimum atomic E-state index is -0.486. The standard InChI is InChI=1S/C19H26N6OS/c1-19(26)4-9-25(10-5-19)8-2-6-21-14-12-17(20)23-15-11-16(27-18(14)15)13-3-7-22-24-13/h3,7,11-12,26H,2,4-6,8-10H2,1H3,(H,22,24)(H3,20,21,23). The third kappa shape index (κ3) is 4.23. The van der Waals surface area contributed by atoms with Crippen molar-refractivity contribution in [3.05, 3.63) is 24.4 Å². The predicted molar refractivity (Wildman–Crippen MR) is 111 cm³/mol. The van der Waals surface area contributed by atoms with Crippen LogP contribution in [0.15, 0.2) is 24.4 Å². The van der Waals surface area contributed by atoms with Crippen molar-refractivity contribution < 1.29 is 5.11 Å². The number of aromatic amines is 1. The molecule has 27 heavy (non-hydrogen) atoms. The second-order valence-electron chi connectivity index (χ2n) is 7.51. The normalized spacial score (nSPS) is 17.4. The summed E-state index contributed by atoms with van der Waals surface area (Å²) in [5.74, 6) is 0.525. The number of nitrogens with one attached hydrogen (secondary N) is 2. The van der Waals surface area contributed by atoms with Gasteiger partial charge in [0.25, 0.3) is 0 Å². The second kappa shape index (κ2) is 7.46. The zero-order valence-corrected chi connectivity index (χ0v) is 16.4. The molecule has 4 rings (SSSR count). The molecule has 0 radical (unpaired) electrons. The fraction of sp³-hybridized carbons (Fsp3) is 0.474. The molecule has 1 fully saturated rings. The fourth-order valence-electron chi connectivity index (χ4n) is 3.48. The van der Waals surface area contributed by atoms with Crippen LogP contribution >= 0.6 is 11.3 Å². The number of H-pyrrole nitrogens is 1. The maximum atomic E-state index is 10.0. The van der Waals surface area contributed by atoms with E-state index in [1.807, 2.05) is 19.1 Å². The van der Waals surface area contributed by atoms with Crippen LogP contribution in [0, 0.1) is 0 Å². The van der Waals surface area contributed by atoms with Crippen molar-refractivity contribution in [3.8, 4) is 10.6 Å². The first-order chi connectivity index (χ1) is 13.0. The van der Waals surface area contributed by atoms with Crippen LogP contribution in [0.3, 0.4) is 0 Å². The number of anilines is 2. The molecule has 144 valence electrons. The molecule has 1 aliphatic heterocycles. The van der Waals surface area contributed by atoms with E-state index in [1.54, 1.807) is 17.5 Å². The molecule has 0 aromatic carbocycles. The molecular formula is C19H26N6OS. The van der Waals surface area contributed by atoms with Crippen LogP contribution in [0.2, 0.25) is 0 Å². The predicted octanol–water partition coefficient (Wildman–Crippen LogP) is 2.92. The van der Waals surface area contributed by atoms with Gasteiger partial charge in [-0.1, -0.05) is 0 Å². The maximum Gasteiger partial charge on any atom is 0.126 e. The van der Waals surface area contributed by atoms with Crippen LogP contribution in [-0.4, -0.2) is 57.0 Å². The Bertz CT molecular complexity index is 894. The van der Waals surface area contributed by atoms with Crippen molar-refractivity contribution in [2.45, 2.75) is 31.8 Å². The lowest BCUT2D eigenvalue weighted by Gasteiger charge is -2.35. The van der Waals surface area contributed by atoms with Gasteiger partial charge < -0.3 is 21.1 Å². The van der Waals surface area contributed by atoms with E-state index in [-0.39, 0.29) is 0 Å². The van der Waals surface area contributed by atoms with Gasteiger partial charge in [0, 0.05) is 31.9 Å². The van der Waals surface area contributed by atoms with E-state index in [1.165, 1.54) is 0 Å². The molecule has 0 amide bonds. The first-order valence-electron chi connectivity index (χ1n) is 9.39. The van der Waals surface area contributed by atoms with Crippen molar-refractivity contribution in [2.75, 3.05) is 37.2 Å². The second-order valence-corrected chi connectivity index (χ2v) is 8.56. The van der Waals surface area contributed by atoms with E-state index in [4.69, 9.17) is 5.73 Å². The van der Waals surface area contributed by atoms with Crippen molar-refractivity contribution in [1.29, 1.82) is 0 Å². The Kier molecular flexibility index (Phi) is 5.03. The Morgan fingerprint density at radius 3 is 2.93 bits per heavy atom. The molecule has 7 nitrogen and oxygen atoms in total. The summed E-state index contributed by atoms with van der Waals surface area (Å²) in [7, 11) is 0. The number of fused-ring (bicyclic) bond motifs is 1. The highest BCUT2D eigenvalue weighted by Crippen LogP contribution is 2.36. The van der Waals surface area contributed by atoms with Gasteiger partial charge in [-0.2, -0.15) is 5.10 Å². The topological polar surface area (TPSA) is 103 Å². The van der Waals surface area contributed by atoms with E-state index < -0.39 is 5.60 Å². The number of piperidine rings is 1. The molecule has 3 aromatic rings. The number of nitrogen functional groups attached to an aromatic ring is 1. The monoisotopic (exact) mass is 386 g/mol. The van der Waals surface area contributed by atoms with Gasteiger partial charge in [0.1, 0.15) is 5.82 Å². The molecule has 1 saturated heterocycles. The number of aliphatic hydroxyl groups is 1. The molecule has 0 saturated carbocycles. The zero-order chi connectivity index (χ0) is 18.9. The number of nitrogens with zero attached hydrogens (tertiary/aromatic N) is 3. The van der Waals surface area contributed by atoms with Gasteiger partial charge in [0.15, 0.2) is 0 Å². The van der Waals surface area contributed by atoms with Crippen LogP contribution in [0.5, 0.6) is 0 Å². The minimum Gasteiger partial charge on any atom is -0.390 e. The third-order valence-electron chi connectivity index (χ3n) is 5.16. The van der Waals surface area contributed by atoms with Crippen molar-refractivity contribution >= 4 is 33.1 Å². The van der Waals surface area contributed by atoms with E-state index >= 15 is 0 Å². The molecule has 5 N–H and O–H groups in total. The van der Waals surface area contributed by atoms with Crippen LogP contribution < -0.4 is 11.1 Å². The molecule has 0 unspecified atom stereocenters. The SMILES string of the molecule is CC1(O)CCN(CCCNc2cc(N)nc3cc(-c4ccn[nH]4)sc23)CC1. The average molecular weight is 387 g/mol. The van der Waals surface area contributed by atoms with Crippen LogP contribution in [0.1, 0.15) is 26.2 Å². The Hall–Kier alpha value is -2.16. The lowest BCUT2D eigenvalue weighted by atomic mass is 9.94. The van der Waals surface area contributed by atoms with Gasteiger partial charge in [0.2, 0.25) is 0 Å². The summed E-state index contributed by atoms with van der Waals surface area (Å²) >= 11 is 1.69. The van der Waals surface area contributed by atoms with Gasteiger partial charge >= 0.3 is 0 Å². The van der Waals surface area contributed by atoms with Gasteiger partial charge in [-0.15, -0.1) is 11.3 Å². The zero-order valence-electron chi connectivity index (χ0n) is 15.5. The third-order valence-corrected chi connectivity index (χ3v) is 6.36. The number of rotatable bonds is 6. The number of hydrogen-bond donors (Lipinski definition) is 4. The largest absolute Gasteiger partial charge is 0.390 e. The lowest BCUT2D eigenvalue weighted by Crippen LogP contribution is -2.42. The highest BCUT2D eigenvalue weighted by molar-refractivity contribution is 7.22. The summed E-state index contributed by atoms with van der Waals surface area (Å²) < 4.78 is 1.11. The molecule has 3 aromatic heterocycles. The minimum absolute atomic E-state index is 0.486. The van der Waals surface area contributed by atoms with Gasteiger partial charge in [0.05, 0.1) is 32.1 Å². The Morgan fingerprint density at radius 2 is 2.19 bits per heavy atom. The molecular weight excluding hydrogens is 360 g/mol. The Balaban J connectivity index is 1.38. The smallest absolute Gasteiger partial charge is 0.126 e. The summed E-state index contributed by atoms with van der Waals surface area (Å²) in [4.78, 5) is 7.99. The van der Waals surface area contributed by atoms with Gasteiger partial charge in [-0.3, -0.25) is 5.10 Å². The molecule has 4 heterocycles. The maximum absolute atomic E-state index is 10.0. The molecule has 0 atom stereocenters. The number of likely N-dealkylation sites (tertiary alicyclic amines) is 1. The van der Waals surface area contributed by atoms with Gasteiger partial charge in [-0.25, -0.2) is 4.98 Å². The number of aromatic nitrogens is 3. The van der Waals surface area contributed by atoms with Crippen molar-refractivity contribution in [2.24, 2.45) is 0 Å². The Morgan fingerprint density at radius 1 is 1.37 bits per heavy atom. The number of nitrogens with two attached hydrogens (primary N) is 1. The average Bonchev–Trinajstić information content (AvgIpc) is 3.28. The summed E-state index contributed by atoms with van der Waals surface area (Å²) in [6, 6.07) is 5.92. The number of hydrogen-bond acceptors (Lipinski definition) is 7. The highest BCUT2D eigenvalue weighted by Gasteiger charge is 2.26. The molecule has 0 spiro atoms. The van der Waals surface area contributed by atoms with Crippen LogP contribution in [0.25, 0.3) is 20.8 Å². The first kappa shape index (κ1) is 18.2. The highest BCUT2D eigenvalue weighted by atomic mass is 32.1. The Labute approximate surface area is 162 Å². The summed E-state index contributed by atoms with van der Waals surface area (Å²) in [5.41, 5.74) is 8.45. The fourth-order valence-corrected chi connectivity index (χ4v) is 4.55. The first-order valence-corrected chi connectivity index (χ1v) is 10.2. The molecule has 0 aliphatic carbocycles. The molecule has 8 heteroatoms. The summed E-state index contributed by atoms with van der Waals surface area (Å²) in [5, 5.41) is 20.6. The van der Waals surface area contributed by atoms with E-state index in [0.29, 0.717) is 5.82 Å². The van der Waals surface area contributed by atoms with E-state index in [9.17, 15) is 5.11 Å². The summed E-state index contributed by atoms with van der Waals surface area (Å²) in [6.07, 6.45) is 4.51. The van der Waals surface area contributed by atoms with Crippen LogP contribution in [-0.2, 0) is 0 Å². The number of pyridine rings is 1. The molecule has 0 bridgehead atoms. The van der Waals surface area contributed by atoms with Gasteiger partial charge in [-0.05, 0) is 44.9 Å². The molecule has 1 aliphatic rings. The van der Waals surface area contributed by atoms with Crippen LogP contribution in [0.4, 0.5) is 11.5 Å². The number of thiophene rings is 1. The van der Waals surface area contributed by atoms with Crippen molar-refractivity contribution in [1.82, 2.24) is 20.1 Å². The van der Waals surface area contributed by atoms with E-state index in [2.05, 4.69) is 31.5 Å². The quantitative estimate of drug-likeness (QED) is 0.486. The summed E-state index contributed by atoms with van der Waals surface area (Å²) in [6.45, 7) is 5.79.